The van der Waals surface area contributed by atoms with E-state index in [1.54, 1.807) is 0 Å². The number of aryl methyl sites for hydroxylation is 1. The van der Waals surface area contributed by atoms with Gasteiger partial charge in [-0.25, -0.2) is 4.98 Å². The van der Waals surface area contributed by atoms with Gasteiger partial charge in [0.05, 0.1) is 30.6 Å². The molecule has 1 saturated heterocycles. The number of rotatable bonds is 6. The van der Waals surface area contributed by atoms with Crippen molar-refractivity contribution in [1.29, 1.82) is 0 Å². The van der Waals surface area contributed by atoms with E-state index in [2.05, 4.69) is 40.9 Å². The molecule has 1 saturated carbocycles. The predicted octanol–water partition coefficient (Wildman–Crippen LogP) is 2.78. The summed E-state index contributed by atoms with van der Waals surface area (Å²) in [6, 6.07) is 6.80. The lowest BCUT2D eigenvalue weighted by Crippen LogP contribution is -2.36. The van der Waals surface area contributed by atoms with E-state index in [4.69, 9.17) is 20.6 Å². The van der Waals surface area contributed by atoms with E-state index >= 15 is 0 Å². The Balaban J connectivity index is 1.47. The Morgan fingerprint density at radius 3 is 2.81 bits per heavy atom. The number of ether oxygens (including phenoxy) is 1. The van der Waals surface area contributed by atoms with Crippen molar-refractivity contribution in [3.8, 4) is 11.3 Å². The molecule has 0 aromatic carbocycles. The Kier molecular flexibility index (Phi) is 5.22. The van der Waals surface area contributed by atoms with E-state index in [1.807, 2.05) is 0 Å². The SMILES string of the molecule is Cc1nn(C2CC(CCCN)C2)cc1-c1cccc(N2CCOCC2)n1. The van der Waals surface area contributed by atoms with Crippen molar-refractivity contribution in [2.45, 2.75) is 38.6 Å². The van der Waals surface area contributed by atoms with E-state index in [9.17, 15) is 0 Å². The molecule has 3 heterocycles. The standard InChI is InChI=1S/C20H29N5O/c1-15-18(14-25(23-15)17-12-16(13-17)4-3-7-21)19-5-2-6-20(22-19)24-8-10-26-11-9-24/h2,5-6,14,16-17H,3-4,7-13,21H2,1H3. The normalized spacial score (nSPS) is 23.1. The summed E-state index contributed by atoms with van der Waals surface area (Å²) in [5.74, 6) is 1.85. The lowest BCUT2D eigenvalue weighted by Gasteiger charge is -2.35. The Labute approximate surface area is 155 Å². The van der Waals surface area contributed by atoms with Crippen molar-refractivity contribution in [3.05, 3.63) is 30.1 Å². The highest BCUT2D eigenvalue weighted by Gasteiger charge is 2.31. The second-order valence-corrected chi connectivity index (χ2v) is 7.51. The summed E-state index contributed by atoms with van der Waals surface area (Å²) in [5, 5.41) is 4.78. The van der Waals surface area contributed by atoms with Gasteiger partial charge in [0.15, 0.2) is 0 Å². The summed E-state index contributed by atoms with van der Waals surface area (Å²) >= 11 is 0. The van der Waals surface area contributed by atoms with E-state index in [0.29, 0.717) is 6.04 Å². The van der Waals surface area contributed by atoms with Gasteiger partial charge in [-0.1, -0.05) is 6.07 Å². The van der Waals surface area contributed by atoms with Crippen LogP contribution < -0.4 is 10.6 Å². The second kappa shape index (κ2) is 7.76. The highest BCUT2D eigenvalue weighted by Crippen LogP contribution is 2.40. The van der Waals surface area contributed by atoms with Gasteiger partial charge in [0.25, 0.3) is 0 Å². The first-order valence-corrected chi connectivity index (χ1v) is 9.80. The Bertz CT molecular complexity index is 732. The summed E-state index contributed by atoms with van der Waals surface area (Å²) in [6.45, 7) is 6.24. The summed E-state index contributed by atoms with van der Waals surface area (Å²) in [6.07, 6.45) is 7.02. The molecule has 6 heteroatoms. The third-order valence-corrected chi connectivity index (χ3v) is 5.66. The molecule has 2 N–H and O–H groups in total. The molecule has 4 rings (SSSR count). The fourth-order valence-electron chi connectivity index (χ4n) is 4.02. The number of hydrogen-bond acceptors (Lipinski definition) is 5. The van der Waals surface area contributed by atoms with Crippen molar-refractivity contribution >= 4 is 5.82 Å². The van der Waals surface area contributed by atoms with Gasteiger partial charge in [0.1, 0.15) is 5.82 Å². The van der Waals surface area contributed by atoms with E-state index in [0.717, 1.165) is 68.0 Å². The summed E-state index contributed by atoms with van der Waals surface area (Å²) in [4.78, 5) is 7.20. The van der Waals surface area contributed by atoms with E-state index in [1.165, 1.54) is 19.3 Å². The van der Waals surface area contributed by atoms with Gasteiger partial charge in [0.2, 0.25) is 0 Å². The molecule has 0 spiro atoms. The topological polar surface area (TPSA) is 69.2 Å². The van der Waals surface area contributed by atoms with Gasteiger partial charge in [-0.3, -0.25) is 4.68 Å². The lowest BCUT2D eigenvalue weighted by molar-refractivity contribution is 0.122. The zero-order valence-electron chi connectivity index (χ0n) is 15.6. The summed E-state index contributed by atoms with van der Waals surface area (Å²) in [5.41, 5.74) is 8.83. The van der Waals surface area contributed by atoms with Crippen LogP contribution in [0.5, 0.6) is 0 Å². The maximum Gasteiger partial charge on any atom is 0.129 e. The molecule has 2 aromatic rings. The molecule has 1 aliphatic carbocycles. The van der Waals surface area contributed by atoms with Crippen molar-refractivity contribution in [3.63, 3.8) is 0 Å². The quantitative estimate of drug-likeness (QED) is 0.863. The van der Waals surface area contributed by atoms with Crippen molar-refractivity contribution in [2.24, 2.45) is 11.7 Å². The Hall–Kier alpha value is -1.92. The lowest BCUT2D eigenvalue weighted by atomic mass is 9.77. The number of nitrogens with two attached hydrogens (primary N) is 1. The average Bonchev–Trinajstić information content (AvgIpc) is 3.03. The molecule has 1 aliphatic heterocycles. The average molecular weight is 355 g/mol. The van der Waals surface area contributed by atoms with Gasteiger partial charge in [-0.15, -0.1) is 0 Å². The first kappa shape index (κ1) is 17.5. The van der Waals surface area contributed by atoms with Crippen LogP contribution in [0.1, 0.15) is 37.4 Å². The molecular weight excluding hydrogens is 326 g/mol. The molecule has 26 heavy (non-hydrogen) atoms. The summed E-state index contributed by atoms with van der Waals surface area (Å²) < 4.78 is 7.61. The molecule has 0 atom stereocenters. The Morgan fingerprint density at radius 1 is 1.23 bits per heavy atom. The van der Waals surface area contributed by atoms with Crippen LogP contribution >= 0.6 is 0 Å². The third kappa shape index (κ3) is 3.62. The van der Waals surface area contributed by atoms with Crippen molar-refractivity contribution in [2.75, 3.05) is 37.7 Å². The van der Waals surface area contributed by atoms with Crippen LogP contribution in [0, 0.1) is 12.8 Å². The molecule has 2 aromatic heterocycles. The first-order valence-electron chi connectivity index (χ1n) is 9.80. The van der Waals surface area contributed by atoms with Crippen LogP contribution in [-0.4, -0.2) is 47.6 Å². The minimum atomic E-state index is 0.535. The van der Waals surface area contributed by atoms with Crippen LogP contribution in [0.15, 0.2) is 24.4 Å². The van der Waals surface area contributed by atoms with Crippen molar-refractivity contribution in [1.82, 2.24) is 14.8 Å². The maximum absolute atomic E-state index is 5.62. The highest BCUT2D eigenvalue weighted by atomic mass is 16.5. The molecule has 0 amide bonds. The number of hydrogen-bond donors (Lipinski definition) is 1. The van der Waals surface area contributed by atoms with Gasteiger partial charge in [0, 0.05) is 24.8 Å². The first-order chi connectivity index (χ1) is 12.7. The second-order valence-electron chi connectivity index (χ2n) is 7.51. The minimum absolute atomic E-state index is 0.535. The van der Waals surface area contributed by atoms with Gasteiger partial charge in [-0.2, -0.15) is 5.10 Å². The van der Waals surface area contributed by atoms with E-state index < -0.39 is 0 Å². The molecule has 2 aliphatic rings. The fourth-order valence-corrected chi connectivity index (χ4v) is 4.02. The highest BCUT2D eigenvalue weighted by molar-refractivity contribution is 5.63. The van der Waals surface area contributed by atoms with E-state index in [-0.39, 0.29) is 0 Å². The number of anilines is 1. The Morgan fingerprint density at radius 2 is 2.04 bits per heavy atom. The van der Waals surface area contributed by atoms with Gasteiger partial charge >= 0.3 is 0 Å². The molecule has 0 radical (unpaired) electrons. The maximum atomic E-state index is 5.62. The van der Waals surface area contributed by atoms with Crippen molar-refractivity contribution < 1.29 is 4.74 Å². The monoisotopic (exact) mass is 355 g/mol. The molecule has 0 unspecified atom stereocenters. The zero-order chi connectivity index (χ0) is 17.9. The van der Waals surface area contributed by atoms with Crippen LogP contribution in [-0.2, 0) is 4.74 Å². The number of pyridine rings is 1. The summed E-state index contributed by atoms with van der Waals surface area (Å²) in [7, 11) is 0. The molecule has 6 nitrogen and oxygen atoms in total. The zero-order valence-corrected chi connectivity index (χ0v) is 15.6. The smallest absolute Gasteiger partial charge is 0.129 e. The largest absolute Gasteiger partial charge is 0.378 e. The molecule has 2 fully saturated rings. The van der Waals surface area contributed by atoms with Crippen LogP contribution in [0.4, 0.5) is 5.82 Å². The van der Waals surface area contributed by atoms with Crippen LogP contribution in [0.2, 0.25) is 0 Å². The molecule has 0 bridgehead atoms. The number of morpholine rings is 1. The number of aromatic nitrogens is 3. The van der Waals surface area contributed by atoms with Gasteiger partial charge < -0.3 is 15.4 Å². The molecular formula is C20H29N5O. The van der Waals surface area contributed by atoms with Gasteiger partial charge in [-0.05, 0) is 57.2 Å². The number of nitrogens with zero attached hydrogens (tertiary/aromatic N) is 4. The molecule has 140 valence electrons. The third-order valence-electron chi connectivity index (χ3n) is 5.66. The minimum Gasteiger partial charge on any atom is -0.378 e. The predicted molar refractivity (Wildman–Crippen MR) is 103 cm³/mol. The van der Waals surface area contributed by atoms with Crippen LogP contribution in [0.3, 0.4) is 0 Å². The fraction of sp³-hybridized carbons (Fsp3) is 0.600. The van der Waals surface area contributed by atoms with Crippen LogP contribution in [0.25, 0.3) is 11.3 Å².